The fourth-order valence-corrected chi connectivity index (χ4v) is 1.45. The van der Waals surface area contributed by atoms with Gasteiger partial charge in [0.15, 0.2) is 0 Å². The van der Waals surface area contributed by atoms with Gasteiger partial charge in [-0.05, 0) is 26.3 Å². The Balaban J connectivity index is 3.03. The van der Waals surface area contributed by atoms with E-state index < -0.39 is 0 Å². The Kier molecular flexibility index (Phi) is 12.8. The molecule has 0 saturated heterocycles. The summed E-state index contributed by atoms with van der Waals surface area (Å²) in [6.07, 6.45) is 3.46. The van der Waals surface area contributed by atoms with E-state index in [1.54, 1.807) is 7.11 Å². The smallest absolute Gasteiger partial charge is 0.0701 e. The number of methoxy groups -OCH3 is 1. The molecule has 0 bridgehead atoms. The third-order valence-corrected chi connectivity index (χ3v) is 2.55. The van der Waals surface area contributed by atoms with Crippen molar-refractivity contribution in [2.75, 3.05) is 47.2 Å². The second-order valence-corrected chi connectivity index (χ2v) is 3.75. The van der Waals surface area contributed by atoms with Crippen LogP contribution in [-0.4, -0.2) is 53.2 Å². The molecule has 0 rings (SSSR count). The van der Waals surface area contributed by atoms with Gasteiger partial charge in [0, 0.05) is 19.8 Å². The van der Waals surface area contributed by atoms with Gasteiger partial charge in [-0.25, -0.2) is 0 Å². The number of hydrogen-bond donors (Lipinski definition) is 1. The molecule has 0 amide bonds. The molecule has 0 aliphatic rings. The largest absolute Gasteiger partial charge is 0.382 e. The van der Waals surface area contributed by atoms with Crippen LogP contribution in [0.4, 0.5) is 0 Å². The topological polar surface area (TPSA) is 39.7 Å². The van der Waals surface area contributed by atoms with E-state index >= 15 is 0 Å². The minimum atomic E-state index is 0.626. The van der Waals surface area contributed by atoms with Gasteiger partial charge in [0.25, 0.3) is 0 Å². The first kappa shape index (κ1) is 15.8. The summed E-state index contributed by atoms with van der Waals surface area (Å²) in [5, 5.41) is 3.28. The highest BCUT2D eigenvalue weighted by Crippen LogP contribution is 2.00. The fraction of sp³-hybridized carbons (Fsp3) is 1.00. The van der Waals surface area contributed by atoms with Crippen molar-refractivity contribution >= 4 is 0 Å². The molecule has 1 N–H and O–H groups in total. The highest BCUT2D eigenvalue weighted by Gasteiger charge is 2.01. The molecule has 16 heavy (non-hydrogen) atoms. The molecule has 4 nitrogen and oxygen atoms in total. The van der Waals surface area contributed by atoms with E-state index in [1.807, 2.05) is 7.05 Å². The van der Waals surface area contributed by atoms with E-state index in [0.29, 0.717) is 32.5 Å². The van der Waals surface area contributed by atoms with Gasteiger partial charge < -0.3 is 19.5 Å². The van der Waals surface area contributed by atoms with E-state index in [9.17, 15) is 0 Å². The van der Waals surface area contributed by atoms with E-state index in [1.165, 1.54) is 12.8 Å². The van der Waals surface area contributed by atoms with Crippen LogP contribution in [0.25, 0.3) is 0 Å². The number of ether oxygens (including phenoxy) is 3. The third-order valence-electron chi connectivity index (χ3n) is 2.55. The predicted octanol–water partition coefficient (Wildman–Crippen LogP) is 1.44. The molecular formula is C12H27NO3. The first-order valence-corrected chi connectivity index (χ1v) is 6.16. The average molecular weight is 233 g/mol. The Morgan fingerprint density at radius 2 is 1.62 bits per heavy atom. The molecule has 4 heteroatoms. The van der Waals surface area contributed by atoms with Crippen LogP contribution >= 0.6 is 0 Å². The summed E-state index contributed by atoms with van der Waals surface area (Å²) in [6.45, 7) is 5.67. The zero-order valence-electron chi connectivity index (χ0n) is 11.0. The Hall–Kier alpha value is -0.160. The lowest BCUT2D eigenvalue weighted by molar-refractivity contribution is 0.0237. The lowest BCUT2D eigenvalue weighted by Gasteiger charge is -2.13. The zero-order chi connectivity index (χ0) is 12.1. The fourth-order valence-electron chi connectivity index (χ4n) is 1.45. The molecule has 0 aromatic rings. The maximum atomic E-state index is 5.46. The van der Waals surface area contributed by atoms with Gasteiger partial charge in [-0.1, -0.05) is 6.92 Å². The number of nitrogens with one attached hydrogen (secondary N) is 1. The lowest BCUT2D eigenvalue weighted by atomic mass is 10.1. The molecule has 1 unspecified atom stereocenters. The summed E-state index contributed by atoms with van der Waals surface area (Å²) in [5.74, 6) is 0. The normalized spacial score (nSPS) is 12.9. The monoisotopic (exact) mass is 233 g/mol. The van der Waals surface area contributed by atoms with Crippen LogP contribution < -0.4 is 5.32 Å². The molecule has 98 valence electrons. The molecular weight excluding hydrogens is 206 g/mol. The first-order chi connectivity index (χ1) is 7.85. The van der Waals surface area contributed by atoms with Crippen LogP contribution in [0.3, 0.4) is 0 Å². The quantitative estimate of drug-likeness (QED) is 0.518. The molecule has 0 aliphatic carbocycles. The van der Waals surface area contributed by atoms with Gasteiger partial charge in [0.05, 0.1) is 26.4 Å². The van der Waals surface area contributed by atoms with Crippen molar-refractivity contribution < 1.29 is 14.2 Å². The summed E-state index contributed by atoms with van der Waals surface area (Å²) in [5.41, 5.74) is 0. The zero-order valence-corrected chi connectivity index (χ0v) is 11.0. The molecule has 0 aromatic carbocycles. The molecule has 0 aliphatic heterocycles. The highest BCUT2D eigenvalue weighted by atomic mass is 16.5. The SMILES string of the molecule is CCC(CCCOCCOCCOC)NC. The first-order valence-electron chi connectivity index (χ1n) is 6.16. The predicted molar refractivity (Wildman–Crippen MR) is 65.9 cm³/mol. The standard InChI is InChI=1S/C12H27NO3/c1-4-12(13-2)6-5-7-15-10-11-16-9-8-14-3/h12-13H,4-11H2,1-3H3. The van der Waals surface area contributed by atoms with Crippen LogP contribution in [0.5, 0.6) is 0 Å². The molecule has 0 saturated carbocycles. The van der Waals surface area contributed by atoms with E-state index in [4.69, 9.17) is 14.2 Å². The second-order valence-electron chi connectivity index (χ2n) is 3.75. The second kappa shape index (κ2) is 12.9. The summed E-state index contributed by atoms with van der Waals surface area (Å²) >= 11 is 0. The average Bonchev–Trinajstić information content (AvgIpc) is 2.32. The summed E-state index contributed by atoms with van der Waals surface area (Å²) in [6, 6.07) is 0.626. The minimum Gasteiger partial charge on any atom is -0.382 e. The summed E-state index contributed by atoms with van der Waals surface area (Å²) < 4.78 is 15.6. The van der Waals surface area contributed by atoms with Gasteiger partial charge >= 0.3 is 0 Å². The maximum Gasteiger partial charge on any atom is 0.0701 e. The minimum absolute atomic E-state index is 0.626. The van der Waals surface area contributed by atoms with Crippen LogP contribution in [0.1, 0.15) is 26.2 Å². The van der Waals surface area contributed by atoms with Crippen molar-refractivity contribution in [3.05, 3.63) is 0 Å². The number of hydrogen-bond acceptors (Lipinski definition) is 4. The van der Waals surface area contributed by atoms with Gasteiger partial charge in [-0.2, -0.15) is 0 Å². The number of rotatable bonds is 12. The molecule has 0 fully saturated rings. The van der Waals surface area contributed by atoms with Crippen molar-refractivity contribution in [2.45, 2.75) is 32.2 Å². The Morgan fingerprint density at radius 3 is 2.19 bits per heavy atom. The van der Waals surface area contributed by atoms with Crippen molar-refractivity contribution in [1.29, 1.82) is 0 Å². The van der Waals surface area contributed by atoms with Crippen LogP contribution in [0, 0.1) is 0 Å². The van der Waals surface area contributed by atoms with Gasteiger partial charge in [0.2, 0.25) is 0 Å². The van der Waals surface area contributed by atoms with Crippen LogP contribution in [0.2, 0.25) is 0 Å². The maximum absolute atomic E-state index is 5.46. The Labute approximate surface area is 99.6 Å². The highest BCUT2D eigenvalue weighted by molar-refractivity contribution is 4.60. The van der Waals surface area contributed by atoms with E-state index in [-0.39, 0.29) is 0 Å². The third kappa shape index (κ3) is 10.4. The van der Waals surface area contributed by atoms with Crippen molar-refractivity contribution in [3.8, 4) is 0 Å². The Bertz CT molecular complexity index is 129. The van der Waals surface area contributed by atoms with Crippen molar-refractivity contribution in [3.63, 3.8) is 0 Å². The van der Waals surface area contributed by atoms with E-state index in [0.717, 1.165) is 13.0 Å². The van der Waals surface area contributed by atoms with Crippen LogP contribution in [-0.2, 0) is 14.2 Å². The lowest BCUT2D eigenvalue weighted by Crippen LogP contribution is -2.24. The van der Waals surface area contributed by atoms with Gasteiger partial charge in [0.1, 0.15) is 0 Å². The van der Waals surface area contributed by atoms with E-state index in [2.05, 4.69) is 12.2 Å². The molecule has 1 atom stereocenters. The molecule has 0 radical (unpaired) electrons. The molecule has 0 aromatic heterocycles. The Morgan fingerprint density at radius 1 is 1.00 bits per heavy atom. The summed E-state index contributed by atoms with van der Waals surface area (Å²) in [4.78, 5) is 0. The van der Waals surface area contributed by atoms with Crippen LogP contribution in [0.15, 0.2) is 0 Å². The van der Waals surface area contributed by atoms with Gasteiger partial charge in [-0.3, -0.25) is 0 Å². The molecule has 0 heterocycles. The molecule has 0 spiro atoms. The van der Waals surface area contributed by atoms with Crippen molar-refractivity contribution in [1.82, 2.24) is 5.32 Å². The summed E-state index contributed by atoms with van der Waals surface area (Å²) in [7, 11) is 3.68. The van der Waals surface area contributed by atoms with Gasteiger partial charge in [-0.15, -0.1) is 0 Å². The van der Waals surface area contributed by atoms with Crippen molar-refractivity contribution in [2.24, 2.45) is 0 Å².